The van der Waals surface area contributed by atoms with Crippen molar-refractivity contribution in [1.29, 1.82) is 0 Å². The molecule has 2 unspecified atom stereocenters. The molecule has 17 heavy (non-hydrogen) atoms. The van der Waals surface area contributed by atoms with Crippen molar-refractivity contribution in [2.45, 2.75) is 69.9 Å². The van der Waals surface area contributed by atoms with Crippen LogP contribution in [0.2, 0.25) is 0 Å². The van der Waals surface area contributed by atoms with Crippen molar-refractivity contribution < 1.29 is 4.74 Å². The summed E-state index contributed by atoms with van der Waals surface area (Å²) < 4.78 is 6.07. The Kier molecular flexibility index (Phi) is 4.02. The third kappa shape index (κ3) is 3.23. The van der Waals surface area contributed by atoms with E-state index in [0.717, 1.165) is 24.5 Å². The Morgan fingerprint density at radius 2 is 1.65 bits per heavy atom. The predicted molar refractivity (Wildman–Crippen MR) is 70.1 cm³/mol. The highest BCUT2D eigenvalue weighted by Crippen LogP contribution is 2.35. The first kappa shape index (κ1) is 12.0. The van der Waals surface area contributed by atoms with Gasteiger partial charge in [-0.1, -0.05) is 25.7 Å². The van der Waals surface area contributed by atoms with Gasteiger partial charge in [-0.05, 0) is 38.0 Å². The zero-order valence-electron chi connectivity index (χ0n) is 11.0. The van der Waals surface area contributed by atoms with Gasteiger partial charge in [0.1, 0.15) is 0 Å². The van der Waals surface area contributed by atoms with E-state index in [1.54, 1.807) is 0 Å². The van der Waals surface area contributed by atoms with Crippen molar-refractivity contribution >= 4 is 0 Å². The van der Waals surface area contributed by atoms with Gasteiger partial charge in [-0.2, -0.15) is 0 Å². The summed E-state index contributed by atoms with van der Waals surface area (Å²) in [5.74, 6) is 1.67. The summed E-state index contributed by atoms with van der Waals surface area (Å²) in [4.78, 5) is 0. The molecule has 98 valence electrons. The summed E-state index contributed by atoms with van der Waals surface area (Å²) >= 11 is 0. The molecular weight excluding hydrogens is 210 g/mol. The van der Waals surface area contributed by atoms with E-state index < -0.39 is 0 Å². The first-order valence-corrected chi connectivity index (χ1v) is 7.78. The largest absolute Gasteiger partial charge is 0.378 e. The Hall–Kier alpha value is -0.0800. The van der Waals surface area contributed by atoms with Gasteiger partial charge < -0.3 is 10.1 Å². The van der Waals surface area contributed by atoms with E-state index in [9.17, 15) is 0 Å². The van der Waals surface area contributed by atoms with Crippen molar-refractivity contribution in [1.82, 2.24) is 5.32 Å². The van der Waals surface area contributed by atoms with Crippen LogP contribution in [0.1, 0.15) is 57.8 Å². The topological polar surface area (TPSA) is 21.3 Å². The second-order valence-electron chi connectivity index (χ2n) is 6.32. The number of rotatable bonds is 4. The van der Waals surface area contributed by atoms with Crippen LogP contribution in [0, 0.1) is 11.8 Å². The molecule has 1 aliphatic heterocycles. The SMILES string of the molecule is C1CCCC(C2OCCC2CNC2CC2)CC1. The van der Waals surface area contributed by atoms with Crippen LogP contribution >= 0.6 is 0 Å². The van der Waals surface area contributed by atoms with E-state index in [-0.39, 0.29) is 0 Å². The molecule has 2 saturated carbocycles. The second-order valence-corrected chi connectivity index (χ2v) is 6.32. The van der Waals surface area contributed by atoms with Crippen LogP contribution in [-0.4, -0.2) is 25.3 Å². The van der Waals surface area contributed by atoms with Crippen molar-refractivity contribution in [3.63, 3.8) is 0 Å². The van der Waals surface area contributed by atoms with Gasteiger partial charge in [-0.15, -0.1) is 0 Å². The lowest BCUT2D eigenvalue weighted by atomic mass is 9.86. The Labute approximate surface area is 105 Å². The van der Waals surface area contributed by atoms with Gasteiger partial charge in [0.15, 0.2) is 0 Å². The summed E-state index contributed by atoms with van der Waals surface area (Å²) in [6, 6.07) is 0.852. The molecule has 3 fully saturated rings. The van der Waals surface area contributed by atoms with Crippen molar-refractivity contribution in [2.24, 2.45) is 11.8 Å². The van der Waals surface area contributed by atoms with Gasteiger partial charge in [-0.25, -0.2) is 0 Å². The van der Waals surface area contributed by atoms with Crippen LogP contribution < -0.4 is 5.32 Å². The van der Waals surface area contributed by atoms with E-state index in [1.807, 2.05) is 0 Å². The summed E-state index contributed by atoms with van der Waals surface area (Å²) in [6.45, 7) is 2.23. The number of ether oxygens (including phenoxy) is 1. The fourth-order valence-corrected chi connectivity index (χ4v) is 3.64. The van der Waals surface area contributed by atoms with Crippen LogP contribution in [0.3, 0.4) is 0 Å². The molecule has 0 bridgehead atoms. The molecule has 0 radical (unpaired) electrons. The molecule has 3 rings (SSSR count). The Morgan fingerprint density at radius 1 is 0.882 bits per heavy atom. The first-order chi connectivity index (χ1) is 8.43. The molecule has 2 heteroatoms. The molecule has 0 aromatic carbocycles. The smallest absolute Gasteiger partial charge is 0.0644 e. The summed E-state index contributed by atoms with van der Waals surface area (Å²) in [6.07, 6.45) is 13.3. The molecule has 0 aromatic rings. The van der Waals surface area contributed by atoms with Gasteiger partial charge in [0.2, 0.25) is 0 Å². The van der Waals surface area contributed by atoms with Crippen LogP contribution in [0.15, 0.2) is 0 Å². The highest BCUT2D eigenvalue weighted by atomic mass is 16.5. The molecular formula is C15H27NO. The van der Waals surface area contributed by atoms with Crippen LogP contribution in [-0.2, 0) is 4.74 Å². The molecule has 1 N–H and O–H groups in total. The Bertz CT molecular complexity index is 231. The van der Waals surface area contributed by atoms with Crippen LogP contribution in [0.5, 0.6) is 0 Å². The highest BCUT2D eigenvalue weighted by Gasteiger charge is 2.35. The van der Waals surface area contributed by atoms with E-state index in [0.29, 0.717) is 6.10 Å². The average Bonchev–Trinajstić information content (AvgIpc) is 3.11. The summed E-state index contributed by atoms with van der Waals surface area (Å²) in [5, 5.41) is 3.70. The van der Waals surface area contributed by atoms with E-state index in [2.05, 4.69) is 5.32 Å². The lowest BCUT2D eigenvalue weighted by Gasteiger charge is -2.27. The molecule has 3 aliphatic rings. The number of hydrogen-bond acceptors (Lipinski definition) is 2. The van der Waals surface area contributed by atoms with Gasteiger partial charge in [-0.3, -0.25) is 0 Å². The second kappa shape index (κ2) is 5.71. The minimum absolute atomic E-state index is 0.583. The zero-order chi connectivity index (χ0) is 11.5. The van der Waals surface area contributed by atoms with Crippen LogP contribution in [0.4, 0.5) is 0 Å². The zero-order valence-corrected chi connectivity index (χ0v) is 11.0. The Balaban J connectivity index is 1.51. The summed E-state index contributed by atoms with van der Waals surface area (Å²) in [7, 11) is 0. The molecule has 2 nitrogen and oxygen atoms in total. The lowest BCUT2D eigenvalue weighted by Crippen LogP contribution is -2.34. The van der Waals surface area contributed by atoms with Gasteiger partial charge in [0.05, 0.1) is 6.10 Å². The van der Waals surface area contributed by atoms with Crippen LogP contribution in [0.25, 0.3) is 0 Å². The normalized spacial score (nSPS) is 36.0. The van der Waals surface area contributed by atoms with Gasteiger partial charge in [0, 0.05) is 25.1 Å². The third-order valence-electron chi connectivity index (χ3n) is 4.87. The molecule has 2 aliphatic carbocycles. The van der Waals surface area contributed by atoms with Crippen molar-refractivity contribution in [2.75, 3.05) is 13.2 Å². The number of nitrogens with one attached hydrogen (secondary N) is 1. The standard InChI is InChI=1S/C15H27NO/c1-2-4-6-12(5-3-1)15-13(9-10-17-15)11-16-14-7-8-14/h12-16H,1-11H2. The molecule has 0 aromatic heterocycles. The first-order valence-electron chi connectivity index (χ1n) is 7.78. The van der Waals surface area contributed by atoms with Crippen molar-refractivity contribution in [3.8, 4) is 0 Å². The molecule has 1 saturated heterocycles. The molecule has 0 spiro atoms. The minimum Gasteiger partial charge on any atom is -0.378 e. The fourth-order valence-electron chi connectivity index (χ4n) is 3.64. The third-order valence-corrected chi connectivity index (χ3v) is 4.87. The molecule has 2 atom stereocenters. The predicted octanol–water partition coefficient (Wildman–Crippen LogP) is 3.11. The van der Waals surface area contributed by atoms with E-state index in [4.69, 9.17) is 4.74 Å². The fraction of sp³-hybridized carbons (Fsp3) is 1.00. The number of hydrogen-bond donors (Lipinski definition) is 1. The van der Waals surface area contributed by atoms with Gasteiger partial charge in [0.25, 0.3) is 0 Å². The maximum atomic E-state index is 6.07. The minimum atomic E-state index is 0.583. The van der Waals surface area contributed by atoms with Crippen molar-refractivity contribution in [3.05, 3.63) is 0 Å². The highest BCUT2D eigenvalue weighted by molar-refractivity contribution is 4.88. The van der Waals surface area contributed by atoms with Gasteiger partial charge >= 0.3 is 0 Å². The molecule has 0 amide bonds. The Morgan fingerprint density at radius 3 is 2.35 bits per heavy atom. The molecule has 1 heterocycles. The lowest BCUT2D eigenvalue weighted by molar-refractivity contribution is 0.0354. The van der Waals surface area contributed by atoms with E-state index >= 15 is 0 Å². The monoisotopic (exact) mass is 237 g/mol. The maximum absolute atomic E-state index is 6.07. The summed E-state index contributed by atoms with van der Waals surface area (Å²) in [5.41, 5.74) is 0. The maximum Gasteiger partial charge on any atom is 0.0644 e. The quantitative estimate of drug-likeness (QED) is 0.759. The van der Waals surface area contributed by atoms with E-state index in [1.165, 1.54) is 64.3 Å². The average molecular weight is 237 g/mol.